The molecule has 1 fully saturated rings. The Hall–Kier alpha value is -0.620. The summed E-state index contributed by atoms with van der Waals surface area (Å²) in [5, 5.41) is 38.6. The smallest absolute Gasteiger partial charge is 0.200 e. The molecule has 2 rings (SSSR count). The molecule has 1 aliphatic rings. The molecular weight excluding hydrogens is 306 g/mol. The number of ether oxygens (including phenoxy) is 1. The van der Waals surface area contributed by atoms with Gasteiger partial charge in [-0.15, -0.1) is 0 Å². The van der Waals surface area contributed by atoms with E-state index in [4.69, 9.17) is 15.6 Å². The third-order valence-corrected chi connectivity index (χ3v) is 5.05. The lowest BCUT2D eigenvalue weighted by Gasteiger charge is -2.39. The topological polar surface area (TPSA) is 142 Å². The Balaban J connectivity index is 1.97. The van der Waals surface area contributed by atoms with E-state index < -0.39 is 36.5 Å². The zero-order valence-electron chi connectivity index (χ0n) is 10.2. The van der Waals surface area contributed by atoms with Crippen molar-refractivity contribution in [1.29, 1.82) is 0 Å². The highest BCUT2D eigenvalue weighted by atomic mass is 33.1. The molecule has 2 heterocycles. The summed E-state index contributed by atoms with van der Waals surface area (Å²) in [4.78, 5) is 7.94. The van der Waals surface area contributed by atoms with Crippen LogP contribution in [-0.2, 0) is 4.74 Å². The lowest BCUT2D eigenvalue weighted by atomic mass is 10.0. The molecule has 10 heteroatoms. The van der Waals surface area contributed by atoms with Crippen LogP contribution in [0.4, 0.5) is 5.82 Å². The predicted octanol–water partition coefficient (Wildman–Crippen LogP) is -1.40. The van der Waals surface area contributed by atoms with Gasteiger partial charge in [0.2, 0.25) is 0 Å². The van der Waals surface area contributed by atoms with Crippen LogP contribution in [-0.4, -0.2) is 66.9 Å². The first-order valence-corrected chi connectivity index (χ1v) is 7.96. The molecule has 0 aromatic carbocycles. The van der Waals surface area contributed by atoms with Gasteiger partial charge in [0.05, 0.1) is 6.61 Å². The molecule has 1 aliphatic heterocycles. The van der Waals surface area contributed by atoms with Gasteiger partial charge in [-0.05, 0) is 16.9 Å². The molecular formula is C10H15N3O5S2. The van der Waals surface area contributed by atoms with E-state index in [1.807, 2.05) is 0 Å². The standard InChI is InChI=1S/C10H15N3O5S2/c11-5-1-2-12-10(13-5)20-19-9-8(17)7(16)6(15)4(3-14)18-9/h1-2,4,6-9,14-17H,3H2,(H2,11,12,13)/t4-,6-,7+,8-,9+/m1/s1. The van der Waals surface area contributed by atoms with E-state index in [-0.39, 0.29) is 0 Å². The van der Waals surface area contributed by atoms with Crippen molar-refractivity contribution in [3.8, 4) is 0 Å². The second kappa shape index (κ2) is 6.89. The number of hydrogen-bond donors (Lipinski definition) is 5. The maximum absolute atomic E-state index is 9.84. The van der Waals surface area contributed by atoms with E-state index in [0.29, 0.717) is 11.0 Å². The van der Waals surface area contributed by atoms with Crippen LogP contribution in [0, 0.1) is 0 Å². The average molecular weight is 321 g/mol. The fourth-order valence-corrected chi connectivity index (χ4v) is 3.78. The number of aliphatic hydroxyl groups is 4. The summed E-state index contributed by atoms with van der Waals surface area (Å²) in [5.41, 5.74) is 4.69. The van der Waals surface area contributed by atoms with Gasteiger partial charge in [0.15, 0.2) is 5.16 Å². The largest absolute Gasteiger partial charge is 0.394 e. The second-order valence-electron chi connectivity index (χ2n) is 4.14. The molecule has 0 amide bonds. The first kappa shape index (κ1) is 15.8. The minimum atomic E-state index is -1.39. The molecule has 6 N–H and O–H groups in total. The van der Waals surface area contributed by atoms with Crippen LogP contribution < -0.4 is 5.73 Å². The average Bonchev–Trinajstić information content (AvgIpc) is 2.44. The van der Waals surface area contributed by atoms with Gasteiger partial charge in [-0.2, -0.15) is 0 Å². The molecule has 8 nitrogen and oxygen atoms in total. The number of hydrogen-bond acceptors (Lipinski definition) is 10. The van der Waals surface area contributed by atoms with Crippen molar-refractivity contribution < 1.29 is 25.2 Å². The van der Waals surface area contributed by atoms with E-state index in [9.17, 15) is 15.3 Å². The molecule has 112 valence electrons. The van der Waals surface area contributed by atoms with E-state index in [1.165, 1.54) is 6.20 Å². The summed E-state index contributed by atoms with van der Waals surface area (Å²) >= 11 is 0. The lowest BCUT2D eigenvalue weighted by molar-refractivity contribution is -0.205. The molecule has 0 radical (unpaired) electrons. The van der Waals surface area contributed by atoms with Crippen molar-refractivity contribution in [3.05, 3.63) is 12.3 Å². The Morgan fingerprint density at radius 2 is 2.00 bits per heavy atom. The van der Waals surface area contributed by atoms with Crippen molar-refractivity contribution in [3.63, 3.8) is 0 Å². The molecule has 0 aliphatic carbocycles. The van der Waals surface area contributed by atoms with Gasteiger partial charge in [-0.25, -0.2) is 9.97 Å². The summed E-state index contributed by atoms with van der Waals surface area (Å²) < 4.78 is 5.33. The van der Waals surface area contributed by atoms with Crippen LogP contribution in [0.3, 0.4) is 0 Å². The van der Waals surface area contributed by atoms with E-state index in [1.54, 1.807) is 6.07 Å². The molecule has 0 saturated carbocycles. The van der Waals surface area contributed by atoms with Crippen molar-refractivity contribution in [1.82, 2.24) is 9.97 Å². The first-order chi connectivity index (χ1) is 9.52. The minimum absolute atomic E-state index is 0.317. The predicted molar refractivity (Wildman–Crippen MR) is 73.7 cm³/mol. The van der Waals surface area contributed by atoms with Crippen LogP contribution >= 0.6 is 21.6 Å². The summed E-state index contributed by atoms with van der Waals surface area (Å²) in [6, 6.07) is 1.54. The molecule has 1 aromatic heterocycles. The van der Waals surface area contributed by atoms with Crippen molar-refractivity contribution >= 4 is 27.4 Å². The highest BCUT2D eigenvalue weighted by molar-refractivity contribution is 8.76. The molecule has 0 spiro atoms. The van der Waals surface area contributed by atoms with Crippen molar-refractivity contribution in [2.75, 3.05) is 12.3 Å². The molecule has 20 heavy (non-hydrogen) atoms. The van der Waals surface area contributed by atoms with Gasteiger partial charge < -0.3 is 30.9 Å². The monoisotopic (exact) mass is 321 g/mol. The highest BCUT2D eigenvalue weighted by Gasteiger charge is 2.43. The quantitative estimate of drug-likeness (QED) is 0.332. The molecule has 5 atom stereocenters. The van der Waals surface area contributed by atoms with E-state index in [2.05, 4.69) is 9.97 Å². The SMILES string of the molecule is Nc1ccnc(SS[C@@H]2O[C@H](CO)[C@@H](O)[C@H](O)[C@H]2O)n1. The van der Waals surface area contributed by atoms with Crippen LogP contribution in [0.1, 0.15) is 0 Å². The number of nitrogens with zero attached hydrogens (tertiary/aromatic N) is 2. The maximum Gasteiger partial charge on any atom is 0.200 e. The molecule has 1 saturated heterocycles. The Labute approximate surface area is 122 Å². The third-order valence-electron chi connectivity index (χ3n) is 2.72. The number of nitrogen functional groups attached to an aromatic ring is 1. The van der Waals surface area contributed by atoms with Gasteiger partial charge in [0, 0.05) is 6.20 Å². The lowest BCUT2D eigenvalue weighted by Crippen LogP contribution is -2.57. The Bertz CT molecular complexity index is 453. The van der Waals surface area contributed by atoms with E-state index >= 15 is 0 Å². The second-order valence-corrected chi connectivity index (χ2v) is 6.41. The Morgan fingerprint density at radius 1 is 1.25 bits per heavy atom. The van der Waals surface area contributed by atoms with Crippen LogP contribution in [0.5, 0.6) is 0 Å². The maximum atomic E-state index is 9.84. The van der Waals surface area contributed by atoms with Gasteiger partial charge in [0.1, 0.15) is 35.7 Å². The minimum Gasteiger partial charge on any atom is -0.394 e. The normalized spacial score (nSPS) is 34.1. The van der Waals surface area contributed by atoms with Crippen molar-refractivity contribution in [2.24, 2.45) is 0 Å². The Morgan fingerprint density at radius 3 is 2.65 bits per heavy atom. The van der Waals surface area contributed by atoms with E-state index in [0.717, 1.165) is 21.6 Å². The molecule has 0 unspecified atom stereocenters. The summed E-state index contributed by atoms with van der Waals surface area (Å²) in [7, 11) is 2.19. The summed E-state index contributed by atoms with van der Waals surface area (Å²) in [6.45, 7) is -0.457. The van der Waals surface area contributed by atoms with Gasteiger partial charge in [-0.3, -0.25) is 0 Å². The van der Waals surface area contributed by atoms with Gasteiger partial charge >= 0.3 is 0 Å². The fourth-order valence-electron chi connectivity index (χ4n) is 1.63. The highest BCUT2D eigenvalue weighted by Crippen LogP contribution is 2.38. The van der Waals surface area contributed by atoms with Gasteiger partial charge in [0.25, 0.3) is 0 Å². The van der Waals surface area contributed by atoms with Gasteiger partial charge in [-0.1, -0.05) is 10.8 Å². The number of aromatic nitrogens is 2. The van der Waals surface area contributed by atoms with Crippen LogP contribution in [0.25, 0.3) is 0 Å². The number of anilines is 1. The zero-order chi connectivity index (χ0) is 14.7. The number of aliphatic hydroxyl groups excluding tert-OH is 4. The number of rotatable bonds is 4. The third kappa shape index (κ3) is 3.52. The summed E-state index contributed by atoms with van der Waals surface area (Å²) in [6.07, 6.45) is -3.46. The first-order valence-electron chi connectivity index (χ1n) is 5.75. The summed E-state index contributed by atoms with van der Waals surface area (Å²) in [5.74, 6) is 0.317. The van der Waals surface area contributed by atoms with Crippen LogP contribution in [0.2, 0.25) is 0 Å². The fraction of sp³-hybridized carbons (Fsp3) is 0.600. The molecule has 1 aromatic rings. The number of nitrogens with two attached hydrogens (primary N) is 1. The Kier molecular flexibility index (Phi) is 5.43. The van der Waals surface area contributed by atoms with Crippen LogP contribution in [0.15, 0.2) is 17.4 Å². The molecule has 0 bridgehead atoms. The van der Waals surface area contributed by atoms with Crippen molar-refractivity contribution in [2.45, 2.75) is 35.0 Å². The zero-order valence-corrected chi connectivity index (χ0v) is 11.9.